The summed E-state index contributed by atoms with van der Waals surface area (Å²) >= 11 is 0. The van der Waals surface area contributed by atoms with Crippen molar-refractivity contribution < 1.29 is 14.7 Å². The third-order valence-electron chi connectivity index (χ3n) is 3.19. The summed E-state index contributed by atoms with van der Waals surface area (Å²) in [5.74, 6) is -1.35. The molecule has 0 unspecified atom stereocenters. The van der Waals surface area contributed by atoms with E-state index in [1.807, 2.05) is 37.3 Å². The first kappa shape index (κ1) is 14.1. The molecule has 0 fully saturated rings. The number of carbonyl (C=O) groups excluding carboxylic acids is 1. The van der Waals surface area contributed by atoms with Crippen LogP contribution in [0.3, 0.4) is 0 Å². The zero-order chi connectivity index (χ0) is 14.5. The van der Waals surface area contributed by atoms with Crippen LogP contribution >= 0.6 is 0 Å². The molecule has 104 valence electrons. The average molecular weight is 271 g/mol. The molecule has 2 rings (SSSR count). The second-order valence-electron chi connectivity index (χ2n) is 4.71. The van der Waals surface area contributed by atoms with E-state index in [9.17, 15) is 9.59 Å². The number of carboxylic acid groups (broad SMARTS) is 1. The van der Waals surface area contributed by atoms with E-state index >= 15 is 0 Å². The van der Waals surface area contributed by atoms with Gasteiger partial charge in [-0.3, -0.25) is 4.79 Å². The lowest BCUT2D eigenvalue weighted by molar-refractivity contribution is -0.139. The van der Waals surface area contributed by atoms with E-state index < -0.39 is 12.0 Å². The highest BCUT2D eigenvalue weighted by Crippen LogP contribution is 2.15. The van der Waals surface area contributed by atoms with Crippen molar-refractivity contribution in [3.8, 4) is 0 Å². The van der Waals surface area contributed by atoms with Crippen LogP contribution in [0.4, 0.5) is 0 Å². The summed E-state index contributed by atoms with van der Waals surface area (Å²) in [6.45, 7) is 1.89. The molecule has 0 aliphatic rings. The van der Waals surface area contributed by atoms with Gasteiger partial charge in [-0.05, 0) is 29.3 Å². The molecule has 0 heterocycles. The largest absolute Gasteiger partial charge is 0.480 e. The molecule has 0 saturated heterocycles. The number of carboxylic acids is 1. The van der Waals surface area contributed by atoms with Crippen LogP contribution < -0.4 is 5.32 Å². The van der Waals surface area contributed by atoms with E-state index in [2.05, 4.69) is 5.32 Å². The van der Waals surface area contributed by atoms with Crippen LogP contribution in [0.25, 0.3) is 10.8 Å². The van der Waals surface area contributed by atoms with Crippen molar-refractivity contribution in [1.82, 2.24) is 5.32 Å². The Labute approximate surface area is 117 Å². The molecule has 4 heteroatoms. The molecular formula is C16H17NO3. The van der Waals surface area contributed by atoms with Gasteiger partial charge in [0.2, 0.25) is 0 Å². The topological polar surface area (TPSA) is 66.4 Å². The monoisotopic (exact) mass is 271 g/mol. The van der Waals surface area contributed by atoms with Crippen LogP contribution in [0.5, 0.6) is 0 Å². The number of aliphatic carboxylic acids is 1. The maximum Gasteiger partial charge on any atom is 0.326 e. The van der Waals surface area contributed by atoms with E-state index in [1.165, 1.54) is 0 Å². The predicted molar refractivity (Wildman–Crippen MR) is 77.7 cm³/mol. The van der Waals surface area contributed by atoms with Crippen LogP contribution in [-0.2, 0) is 4.79 Å². The minimum absolute atomic E-state index is 0.350. The SMILES string of the molecule is CCC[C@H](NC(=O)c1ccc2ccccc2c1)C(=O)O. The van der Waals surface area contributed by atoms with Crippen LogP contribution in [0, 0.1) is 0 Å². The van der Waals surface area contributed by atoms with Crippen molar-refractivity contribution in [2.45, 2.75) is 25.8 Å². The smallest absolute Gasteiger partial charge is 0.326 e. The van der Waals surface area contributed by atoms with Crippen molar-refractivity contribution in [3.63, 3.8) is 0 Å². The second kappa shape index (κ2) is 6.19. The molecule has 0 radical (unpaired) electrons. The Kier molecular flexibility index (Phi) is 4.35. The first-order chi connectivity index (χ1) is 9.61. The van der Waals surface area contributed by atoms with Crippen molar-refractivity contribution in [1.29, 1.82) is 0 Å². The van der Waals surface area contributed by atoms with Gasteiger partial charge in [0.25, 0.3) is 5.91 Å². The lowest BCUT2D eigenvalue weighted by atomic mass is 10.1. The highest BCUT2D eigenvalue weighted by atomic mass is 16.4. The quantitative estimate of drug-likeness (QED) is 0.878. The molecule has 20 heavy (non-hydrogen) atoms. The van der Waals surface area contributed by atoms with E-state index in [0.29, 0.717) is 18.4 Å². The molecule has 0 aliphatic carbocycles. The highest BCUT2D eigenvalue weighted by Gasteiger charge is 2.19. The highest BCUT2D eigenvalue weighted by molar-refractivity contribution is 6.00. The molecule has 2 aromatic carbocycles. The van der Waals surface area contributed by atoms with E-state index in [-0.39, 0.29) is 5.91 Å². The Morgan fingerprint density at radius 2 is 1.85 bits per heavy atom. The normalized spacial score (nSPS) is 12.1. The van der Waals surface area contributed by atoms with Gasteiger partial charge < -0.3 is 10.4 Å². The Hall–Kier alpha value is -2.36. The van der Waals surface area contributed by atoms with Crippen molar-refractivity contribution in [2.75, 3.05) is 0 Å². The number of benzene rings is 2. The summed E-state index contributed by atoms with van der Waals surface area (Å²) in [7, 11) is 0. The summed E-state index contributed by atoms with van der Waals surface area (Å²) in [6, 6.07) is 12.2. The molecule has 0 spiro atoms. The maximum absolute atomic E-state index is 12.1. The molecule has 0 aromatic heterocycles. The van der Waals surface area contributed by atoms with Gasteiger partial charge in [0, 0.05) is 5.56 Å². The van der Waals surface area contributed by atoms with Gasteiger partial charge in [0.15, 0.2) is 0 Å². The lowest BCUT2D eigenvalue weighted by Crippen LogP contribution is -2.40. The van der Waals surface area contributed by atoms with Gasteiger partial charge in [-0.15, -0.1) is 0 Å². The van der Waals surface area contributed by atoms with Gasteiger partial charge >= 0.3 is 5.97 Å². The van der Waals surface area contributed by atoms with Gasteiger partial charge in [0.05, 0.1) is 0 Å². The number of amides is 1. The maximum atomic E-state index is 12.1. The summed E-state index contributed by atoms with van der Waals surface area (Å²) < 4.78 is 0. The lowest BCUT2D eigenvalue weighted by Gasteiger charge is -2.13. The molecular weight excluding hydrogens is 254 g/mol. The predicted octanol–water partition coefficient (Wildman–Crippen LogP) is 2.82. The number of nitrogens with one attached hydrogen (secondary N) is 1. The minimum atomic E-state index is -0.999. The molecule has 2 aromatic rings. The van der Waals surface area contributed by atoms with Gasteiger partial charge in [-0.2, -0.15) is 0 Å². The fourth-order valence-electron chi connectivity index (χ4n) is 2.12. The Bertz CT molecular complexity index is 636. The fourth-order valence-corrected chi connectivity index (χ4v) is 2.12. The molecule has 1 atom stereocenters. The van der Waals surface area contributed by atoms with E-state index in [4.69, 9.17) is 5.11 Å². The summed E-state index contributed by atoms with van der Waals surface area (Å²) in [4.78, 5) is 23.2. The van der Waals surface area contributed by atoms with Gasteiger partial charge in [-0.1, -0.05) is 43.7 Å². The summed E-state index contributed by atoms with van der Waals surface area (Å²) in [6.07, 6.45) is 1.13. The minimum Gasteiger partial charge on any atom is -0.480 e. The third-order valence-corrected chi connectivity index (χ3v) is 3.19. The Balaban J connectivity index is 2.20. The van der Waals surface area contributed by atoms with E-state index in [0.717, 1.165) is 10.8 Å². The van der Waals surface area contributed by atoms with Gasteiger partial charge in [0.1, 0.15) is 6.04 Å². The second-order valence-corrected chi connectivity index (χ2v) is 4.71. The first-order valence-corrected chi connectivity index (χ1v) is 6.64. The van der Waals surface area contributed by atoms with Gasteiger partial charge in [-0.25, -0.2) is 4.79 Å². The molecule has 2 N–H and O–H groups in total. The first-order valence-electron chi connectivity index (χ1n) is 6.64. The molecule has 0 aliphatic heterocycles. The number of fused-ring (bicyclic) bond motifs is 1. The molecule has 0 bridgehead atoms. The van der Waals surface area contributed by atoms with Crippen LogP contribution in [0.2, 0.25) is 0 Å². The fraction of sp³-hybridized carbons (Fsp3) is 0.250. The number of hydrogen-bond acceptors (Lipinski definition) is 2. The standard InChI is InChI=1S/C16H17NO3/c1-2-5-14(16(19)20)17-15(18)13-9-8-11-6-3-4-7-12(11)10-13/h3-4,6-10,14H,2,5H2,1H3,(H,17,18)(H,19,20)/t14-/m0/s1. The van der Waals surface area contributed by atoms with Crippen molar-refractivity contribution >= 4 is 22.6 Å². The zero-order valence-corrected chi connectivity index (χ0v) is 11.3. The third kappa shape index (κ3) is 3.15. The zero-order valence-electron chi connectivity index (χ0n) is 11.3. The average Bonchev–Trinajstić information content (AvgIpc) is 2.46. The molecule has 1 amide bonds. The van der Waals surface area contributed by atoms with Crippen LogP contribution in [-0.4, -0.2) is 23.0 Å². The van der Waals surface area contributed by atoms with Crippen LogP contribution in [0.15, 0.2) is 42.5 Å². The molecule has 4 nitrogen and oxygen atoms in total. The summed E-state index contributed by atoms with van der Waals surface area (Å²) in [5, 5.41) is 13.6. The number of hydrogen-bond donors (Lipinski definition) is 2. The number of carbonyl (C=O) groups is 2. The number of rotatable bonds is 5. The van der Waals surface area contributed by atoms with Crippen LogP contribution in [0.1, 0.15) is 30.1 Å². The Morgan fingerprint density at radius 1 is 1.15 bits per heavy atom. The summed E-state index contributed by atoms with van der Waals surface area (Å²) in [5.41, 5.74) is 0.478. The Morgan fingerprint density at radius 3 is 2.50 bits per heavy atom. The molecule has 0 saturated carbocycles. The van der Waals surface area contributed by atoms with E-state index in [1.54, 1.807) is 12.1 Å². The van der Waals surface area contributed by atoms with Crippen molar-refractivity contribution in [2.24, 2.45) is 0 Å². The van der Waals surface area contributed by atoms with Crippen molar-refractivity contribution in [3.05, 3.63) is 48.0 Å².